The Morgan fingerprint density at radius 1 is 0.651 bits per heavy atom. The van der Waals surface area contributed by atoms with Gasteiger partial charge in [-0.1, -0.05) is 11.6 Å². The van der Waals surface area contributed by atoms with Gasteiger partial charge in [0.05, 0.1) is 21.9 Å². The zero-order valence-corrected chi connectivity index (χ0v) is 29.6. The van der Waals surface area contributed by atoms with Crippen LogP contribution in [0.5, 0.6) is 0 Å². The first-order chi connectivity index (χ1) is 19.7. The second-order valence-electron chi connectivity index (χ2n) is 9.02. The summed E-state index contributed by atoms with van der Waals surface area (Å²) in [4.78, 5) is 43.1. The highest BCUT2D eigenvalue weighted by Crippen LogP contribution is 2.30. The van der Waals surface area contributed by atoms with Gasteiger partial charge in [0, 0.05) is 24.2 Å². The number of halogens is 6. The van der Waals surface area contributed by atoms with Crippen molar-refractivity contribution in [3.8, 4) is 0 Å². The summed E-state index contributed by atoms with van der Waals surface area (Å²) >= 11 is 27.5. The molecule has 0 saturated carbocycles. The molecule has 6 aromatic rings. The van der Waals surface area contributed by atoms with Crippen molar-refractivity contribution >= 4 is 121 Å². The van der Waals surface area contributed by atoms with Crippen molar-refractivity contribution in [1.82, 2.24) is 36.1 Å². The lowest BCUT2D eigenvalue weighted by atomic mass is 10.1. The van der Waals surface area contributed by atoms with E-state index in [9.17, 15) is 9.59 Å². The summed E-state index contributed by atoms with van der Waals surface area (Å²) in [7, 11) is 0. The molecule has 7 N–H and O–H groups in total. The number of hydrogen-bond donors (Lipinski definition) is 4. The van der Waals surface area contributed by atoms with Crippen LogP contribution in [-0.4, -0.2) is 29.9 Å². The second-order valence-corrected chi connectivity index (χ2v) is 12.6. The minimum absolute atomic E-state index is 0. The maximum Gasteiger partial charge on any atom is 0.326 e. The van der Waals surface area contributed by atoms with Crippen molar-refractivity contribution in [2.45, 2.75) is 20.8 Å². The van der Waals surface area contributed by atoms with Gasteiger partial charge in [0.15, 0.2) is 0 Å². The van der Waals surface area contributed by atoms with Crippen molar-refractivity contribution in [2.24, 2.45) is 0 Å². The summed E-state index contributed by atoms with van der Waals surface area (Å²) in [5, 5.41) is 2.82. The van der Waals surface area contributed by atoms with E-state index in [1.807, 2.05) is 51.1 Å². The Balaban J connectivity index is 0.000000175. The molecule has 0 amide bonds. The first kappa shape index (κ1) is 34.8. The fourth-order valence-corrected chi connectivity index (χ4v) is 6.56. The van der Waals surface area contributed by atoms with Gasteiger partial charge in [0.1, 0.15) is 11.0 Å². The summed E-state index contributed by atoms with van der Waals surface area (Å²) < 4.78 is 2.47. The standard InChI is InChI=1S/C9H5BrCl2N2.C9H7BrClN3.C9H7BrN2O2.H3N/c1-4-2-5-7(6(10)3-4)13-9(12)14-8(5)11;1-4-2-5-7(6(10)3-4)13-9(11)14-8(5)12;1-4-2-5-7(6(10)3-4)11-9(14)12-8(5)13;/h2-3H,1H3;2-3H,1H3,(H2,12,13,14);2-3H,1H3,(H2,11,12,13,14);1H3. The Hall–Kier alpha value is -2.65. The highest BCUT2D eigenvalue weighted by atomic mass is 79.9. The molecule has 0 bridgehead atoms. The van der Waals surface area contributed by atoms with Gasteiger partial charge in [-0.05, 0) is 145 Å². The molecule has 0 atom stereocenters. The van der Waals surface area contributed by atoms with Crippen LogP contribution in [0.25, 0.3) is 32.7 Å². The van der Waals surface area contributed by atoms with E-state index in [1.165, 1.54) is 0 Å². The minimum Gasteiger partial charge on any atom is -0.383 e. The van der Waals surface area contributed by atoms with Crippen LogP contribution in [0, 0.1) is 20.8 Å². The molecule has 6 rings (SSSR count). The van der Waals surface area contributed by atoms with Gasteiger partial charge in [-0.2, -0.15) is 0 Å². The van der Waals surface area contributed by atoms with Gasteiger partial charge >= 0.3 is 5.69 Å². The number of anilines is 1. The molecule has 10 nitrogen and oxygen atoms in total. The summed E-state index contributed by atoms with van der Waals surface area (Å²) in [6.45, 7) is 5.85. The Morgan fingerprint density at radius 3 is 1.70 bits per heavy atom. The Morgan fingerprint density at radius 2 is 1.12 bits per heavy atom. The van der Waals surface area contributed by atoms with Gasteiger partial charge < -0.3 is 16.9 Å². The van der Waals surface area contributed by atoms with Crippen molar-refractivity contribution in [3.05, 3.63) is 103 Å². The Bertz CT molecular complexity index is 1930. The lowest BCUT2D eigenvalue weighted by Gasteiger charge is -2.04. The Kier molecular flexibility index (Phi) is 11.7. The van der Waals surface area contributed by atoms with E-state index in [0.717, 1.165) is 51.9 Å². The quantitative estimate of drug-likeness (QED) is 0.0871. The predicted octanol–water partition coefficient (Wildman–Crippen LogP) is 8.39. The van der Waals surface area contributed by atoms with E-state index in [2.05, 4.69) is 77.7 Å². The molecule has 224 valence electrons. The molecule has 0 aliphatic rings. The molecule has 0 aliphatic carbocycles. The monoisotopic (exact) mass is 832 g/mol. The summed E-state index contributed by atoms with van der Waals surface area (Å²) in [6.07, 6.45) is 0. The number of nitrogens with one attached hydrogen (secondary N) is 2. The Labute approximate surface area is 284 Å². The first-order valence-electron chi connectivity index (χ1n) is 11.8. The normalized spacial score (nSPS) is 10.5. The molecule has 0 unspecified atom stereocenters. The molecule has 0 spiro atoms. The molecule has 0 radical (unpaired) electrons. The molecule has 0 saturated heterocycles. The zero-order chi connectivity index (χ0) is 30.9. The van der Waals surface area contributed by atoms with Gasteiger partial charge in [0.25, 0.3) is 5.56 Å². The molecule has 43 heavy (non-hydrogen) atoms. The van der Waals surface area contributed by atoms with Gasteiger partial charge in [-0.25, -0.2) is 24.7 Å². The summed E-state index contributed by atoms with van der Waals surface area (Å²) in [5.74, 6) is 0.407. The average Bonchev–Trinajstić information content (AvgIpc) is 2.87. The molecule has 0 fully saturated rings. The number of hydrogen-bond acceptors (Lipinski definition) is 8. The highest BCUT2D eigenvalue weighted by Gasteiger charge is 2.09. The first-order valence-corrected chi connectivity index (χ1v) is 15.3. The minimum atomic E-state index is -0.493. The van der Waals surface area contributed by atoms with Crippen LogP contribution in [0.15, 0.2) is 59.4 Å². The molecule has 0 aliphatic heterocycles. The molecule has 16 heteroatoms. The molecule has 3 aromatic heterocycles. The number of H-pyrrole nitrogens is 2. The number of nitrogens with two attached hydrogens (primary N) is 1. The number of benzene rings is 3. The van der Waals surface area contributed by atoms with Crippen molar-refractivity contribution in [1.29, 1.82) is 0 Å². The van der Waals surface area contributed by atoms with Crippen molar-refractivity contribution in [2.75, 3.05) is 5.73 Å². The maximum atomic E-state index is 11.4. The number of nitrogen functional groups attached to an aromatic ring is 1. The molecular formula is C27H22Br3Cl3N8O2. The van der Waals surface area contributed by atoms with Crippen LogP contribution in [0.1, 0.15) is 16.7 Å². The SMILES string of the molecule is Cc1cc(Br)c2[nH]c(=O)[nH]c(=O)c2c1.Cc1cc(Br)c2nc(Cl)nc(Cl)c2c1.Cc1cc(Br)c2nc(Cl)nc(N)c2c1.N. The number of nitrogens with zero attached hydrogens (tertiary/aromatic N) is 4. The third-order valence-electron chi connectivity index (χ3n) is 5.67. The summed E-state index contributed by atoms with van der Waals surface area (Å²) in [6, 6.07) is 11.4. The van der Waals surface area contributed by atoms with E-state index < -0.39 is 5.69 Å². The van der Waals surface area contributed by atoms with E-state index in [0.29, 0.717) is 21.9 Å². The topological polar surface area (TPSA) is 178 Å². The third kappa shape index (κ3) is 8.29. The number of aromatic nitrogens is 6. The van der Waals surface area contributed by atoms with Gasteiger partial charge in [-0.3, -0.25) is 9.78 Å². The van der Waals surface area contributed by atoms with E-state index in [4.69, 9.17) is 40.5 Å². The lowest BCUT2D eigenvalue weighted by Crippen LogP contribution is -2.22. The predicted molar refractivity (Wildman–Crippen MR) is 186 cm³/mol. The van der Waals surface area contributed by atoms with Crippen LogP contribution in [0.4, 0.5) is 5.82 Å². The average molecular weight is 837 g/mol. The van der Waals surface area contributed by atoms with Crippen molar-refractivity contribution in [3.63, 3.8) is 0 Å². The van der Waals surface area contributed by atoms with Crippen LogP contribution in [-0.2, 0) is 0 Å². The largest absolute Gasteiger partial charge is 0.383 e. The van der Waals surface area contributed by atoms with Crippen molar-refractivity contribution < 1.29 is 0 Å². The number of rotatable bonds is 0. The third-order valence-corrected chi connectivity index (χ3v) is 8.13. The highest BCUT2D eigenvalue weighted by molar-refractivity contribution is 9.11. The fraction of sp³-hybridized carbons (Fsp3) is 0.111. The van der Waals surface area contributed by atoms with Gasteiger partial charge in [0.2, 0.25) is 10.6 Å². The number of fused-ring (bicyclic) bond motifs is 3. The summed E-state index contributed by atoms with van der Waals surface area (Å²) in [5.41, 5.74) is 10.0. The van der Waals surface area contributed by atoms with Crippen LogP contribution >= 0.6 is 82.6 Å². The number of aromatic amines is 2. The fourth-order valence-electron chi connectivity index (χ4n) is 3.95. The lowest BCUT2D eigenvalue weighted by molar-refractivity contribution is 1.08. The van der Waals surface area contributed by atoms with Crippen LogP contribution < -0.4 is 23.1 Å². The van der Waals surface area contributed by atoms with Gasteiger partial charge in [-0.15, -0.1) is 0 Å². The van der Waals surface area contributed by atoms with E-state index in [-0.39, 0.29) is 22.3 Å². The van der Waals surface area contributed by atoms with E-state index >= 15 is 0 Å². The van der Waals surface area contributed by atoms with E-state index in [1.54, 1.807) is 6.07 Å². The van der Waals surface area contributed by atoms with Crippen LogP contribution in [0.2, 0.25) is 15.7 Å². The molecular weight excluding hydrogens is 814 g/mol. The second kappa shape index (κ2) is 14.4. The van der Waals surface area contributed by atoms with Crippen LogP contribution in [0.3, 0.4) is 0 Å². The smallest absolute Gasteiger partial charge is 0.326 e. The zero-order valence-electron chi connectivity index (χ0n) is 22.6. The molecule has 3 heterocycles. The number of aryl methyl sites for hydroxylation is 3. The molecule has 3 aromatic carbocycles. The maximum absolute atomic E-state index is 11.4.